The topological polar surface area (TPSA) is 75.6 Å². The fourth-order valence-corrected chi connectivity index (χ4v) is 2.08. The minimum Gasteiger partial charge on any atom is -0.481 e. The Bertz CT molecular complexity index is 628. The van der Waals surface area contributed by atoms with E-state index in [1.54, 1.807) is 0 Å². The Labute approximate surface area is 134 Å². The average molecular weight is 313 g/mol. The van der Waals surface area contributed by atoms with Crippen molar-refractivity contribution in [3.05, 3.63) is 71.8 Å². The fourth-order valence-electron chi connectivity index (χ4n) is 2.08. The number of aliphatic carboxylic acids is 1. The number of rotatable bonds is 8. The van der Waals surface area contributed by atoms with E-state index in [1.807, 2.05) is 60.7 Å². The summed E-state index contributed by atoms with van der Waals surface area (Å²) in [6, 6.07) is 17.9. The number of ether oxygens (including phenoxy) is 1. The summed E-state index contributed by atoms with van der Waals surface area (Å²) in [6.45, 7) is 0.530. The number of carbonyl (C=O) groups excluding carboxylic acids is 1. The zero-order valence-electron chi connectivity index (χ0n) is 12.6. The molecule has 1 atom stereocenters. The molecule has 2 aromatic rings. The van der Waals surface area contributed by atoms with Crippen molar-refractivity contribution in [2.24, 2.45) is 0 Å². The van der Waals surface area contributed by atoms with Crippen LogP contribution in [0, 0.1) is 0 Å². The van der Waals surface area contributed by atoms with E-state index in [2.05, 4.69) is 5.32 Å². The van der Waals surface area contributed by atoms with Gasteiger partial charge in [0.25, 0.3) is 0 Å². The molecule has 2 rings (SSSR count). The molecule has 0 saturated heterocycles. The molecule has 0 bridgehead atoms. The Morgan fingerprint density at radius 1 is 0.957 bits per heavy atom. The molecular weight excluding hydrogens is 294 g/mol. The van der Waals surface area contributed by atoms with Crippen molar-refractivity contribution >= 4 is 11.9 Å². The largest absolute Gasteiger partial charge is 0.481 e. The van der Waals surface area contributed by atoms with Gasteiger partial charge >= 0.3 is 11.9 Å². The van der Waals surface area contributed by atoms with Crippen LogP contribution in [0.5, 0.6) is 0 Å². The van der Waals surface area contributed by atoms with Crippen molar-refractivity contribution in [1.82, 2.24) is 5.32 Å². The van der Waals surface area contributed by atoms with E-state index in [1.165, 1.54) is 0 Å². The molecular formula is C18H19NO4. The summed E-state index contributed by atoms with van der Waals surface area (Å²) in [5, 5.41) is 11.9. The van der Waals surface area contributed by atoms with Gasteiger partial charge in [-0.05, 0) is 11.1 Å². The summed E-state index contributed by atoms with van der Waals surface area (Å²) >= 11 is 0. The number of esters is 1. The number of hydrogen-bond donors (Lipinski definition) is 2. The normalized spacial score (nSPS) is 11.7. The van der Waals surface area contributed by atoms with E-state index in [9.17, 15) is 9.59 Å². The van der Waals surface area contributed by atoms with Crippen LogP contribution >= 0.6 is 0 Å². The molecule has 5 nitrogen and oxygen atoms in total. The fraction of sp³-hybridized carbons (Fsp3) is 0.222. The van der Waals surface area contributed by atoms with Crippen LogP contribution in [0.25, 0.3) is 0 Å². The smallest absolute Gasteiger partial charge is 0.324 e. The lowest BCUT2D eigenvalue weighted by atomic mass is 10.1. The molecule has 0 radical (unpaired) electrons. The minimum absolute atomic E-state index is 0.128. The second kappa shape index (κ2) is 8.70. The molecule has 2 N–H and O–H groups in total. The van der Waals surface area contributed by atoms with Crippen LogP contribution in [-0.2, 0) is 27.5 Å². The van der Waals surface area contributed by atoms with Crippen LogP contribution in [0.2, 0.25) is 0 Å². The number of carboxylic acid groups (broad SMARTS) is 1. The van der Waals surface area contributed by atoms with Crippen LogP contribution < -0.4 is 5.32 Å². The van der Waals surface area contributed by atoms with Crippen molar-refractivity contribution in [3.8, 4) is 0 Å². The predicted molar refractivity (Wildman–Crippen MR) is 85.6 cm³/mol. The third-order valence-electron chi connectivity index (χ3n) is 3.28. The Kier molecular flexibility index (Phi) is 6.32. The Balaban J connectivity index is 1.91. The van der Waals surface area contributed by atoms with Gasteiger partial charge in [0.1, 0.15) is 12.6 Å². The van der Waals surface area contributed by atoms with Crippen LogP contribution in [0.3, 0.4) is 0 Å². The highest BCUT2D eigenvalue weighted by atomic mass is 16.5. The molecule has 0 aromatic heterocycles. The number of nitrogens with one attached hydrogen (secondary N) is 1. The van der Waals surface area contributed by atoms with Gasteiger partial charge in [-0.3, -0.25) is 14.9 Å². The zero-order valence-corrected chi connectivity index (χ0v) is 12.6. The molecule has 0 aliphatic rings. The van der Waals surface area contributed by atoms with Crippen LogP contribution in [0.15, 0.2) is 60.7 Å². The molecule has 0 fully saturated rings. The summed E-state index contributed by atoms with van der Waals surface area (Å²) in [5.74, 6) is -1.61. The predicted octanol–water partition coefficient (Wildman–Crippen LogP) is 2.36. The first-order chi connectivity index (χ1) is 11.1. The summed E-state index contributed by atoms with van der Waals surface area (Å²) in [5.41, 5.74) is 1.83. The van der Waals surface area contributed by atoms with Gasteiger partial charge in [0.15, 0.2) is 0 Å². The standard InChI is InChI=1S/C18H19NO4/c20-17(21)11-16(19-12-14-7-3-1-4-8-14)18(22)23-13-15-9-5-2-6-10-15/h1-10,16,19H,11-13H2,(H,20,21)/t16-/m0/s1. The molecule has 0 saturated carbocycles. The molecule has 0 heterocycles. The van der Waals surface area contributed by atoms with Crippen molar-refractivity contribution < 1.29 is 19.4 Å². The lowest BCUT2D eigenvalue weighted by Crippen LogP contribution is -2.39. The lowest BCUT2D eigenvalue weighted by Gasteiger charge is -2.16. The SMILES string of the molecule is O=C(O)C[C@H](NCc1ccccc1)C(=O)OCc1ccccc1. The van der Waals surface area contributed by atoms with Gasteiger partial charge in [0, 0.05) is 6.54 Å². The molecule has 120 valence electrons. The van der Waals surface area contributed by atoms with Gasteiger partial charge in [-0.15, -0.1) is 0 Å². The van der Waals surface area contributed by atoms with E-state index < -0.39 is 18.0 Å². The quantitative estimate of drug-likeness (QED) is 0.732. The number of carboxylic acids is 1. The first-order valence-electron chi connectivity index (χ1n) is 7.35. The van der Waals surface area contributed by atoms with Gasteiger partial charge in [-0.1, -0.05) is 60.7 Å². The maximum atomic E-state index is 12.1. The Morgan fingerprint density at radius 2 is 1.52 bits per heavy atom. The van der Waals surface area contributed by atoms with E-state index in [4.69, 9.17) is 9.84 Å². The maximum Gasteiger partial charge on any atom is 0.324 e. The minimum atomic E-state index is -1.05. The van der Waals surface area contributed by atoms with Crippen molar-refractivity contribution in [2.75, 3.05) is 0 Å². The summed E-state index contributed by atoms with van der Waals surface area (Å²) < 4.78 is 5.21. The monoisotopic (exact) mass is 313 g/mol. The molecule has 0 unspecified atom stereocenters. The zero-order chi connectivity index (χ0) is 16.5. The highest BCUT2D eigenvalue weighted by Crippen LogP contribution is 2.05. The van der Waals surface area contributed by atoms with Crippen LogP contribution in [0.1, 0.15) is 17.5 Å². The highest BCUT2D eigenvalue weighted by molar-refractivity contribution is 5.82. The third kappa shape index (κ3) is 5.92. The Hall–Kier alpha value is -2.66. The van der Waals surface area contributed by atoms with Gasteiger partial charge in [0.2, 0.25) is 0 Å². The highest BCUT2D eigenvalue weighted by Gasteiger charge is 2.22. The molecule has 5 heteroatoms. The molecule has 0 aliphatic heterocycles. The molecule has 0 amide bonds. The first kappa shape index (κ1) is 16.7. The first-order valence-corrected chi connectivity index (χ1v) is 7.35. The van der Waals surface area contributed by atoms with E-state index in [-0.39, 0.29) is 13.0 Å². The number of benzene rings is 2. The van der Waals surface area contributed by atoms with Crippen molar-refractivity contribution in [2.45, 2.75) is 25.6 Å². The van der Waals surface area contributed by atoms with E-state index in [0.717, 1.165) is 11.1 Å². The van der Waals surface area contributed by atoms with Crippen LogP contribution in [-0.4, -0.2) is 23.1 Å². The van der Waals surface area contributed by atoms with E-state index in [0.29, 0.717) is 6.54 Å². The second-order valence-corrected chi connectivity index (χ2v) is 5.11. The van der Waals surface area contributed by atoms with Gasteiger partial charge in [0.05, 0.1) is 6.42 Å². The average Bonchev–Trinajstić information content (AvgIpc) is 2.58. The number of hydrogen-bond acceptors (Lipinski definition) is 4. The molecule has 0 spiro atoms. The molecule has 2 aromatic carbocycles. The van der Waals surface area contributed by atoms with Crippen molar-refractivity contribution in [1.29, 1.82) is 0 Å². The van der Waals surface area contributed by atoms with Crippen LogP contribution in [0.4, 0.5) is 0 Å². The second-order valence-electron chi connectivity index (χ2n) is 5.11. The van der Waals surface area contributed by atoms with Gasteiger partial charge in [-0.25, -0.2) is 0 Å². The van der Waals surface area contributed by atoms with Gasteiger partial charge in [-0.2, -0.15) is 0 Å². The lowest BCUT2D eigenvalue weighted by molar-refractivity contribution is -0.151. The molecule has 23 heavy (non-hydrogen) atoms. The summed E-state index contributed by atoms with van der Waals surface area (Å²) in [7, 11) is 0. The molecule has 0 aliphatic carbocycles. The third-order valence-corrected chi connectivity index (χ3v) is 3.28. The summed E-state index contributed by atoms with van der Waals surface area (Å²) in [6.07, 6.45) is -0.319. The summed E-state index contributed by atoms with van der Waals surface area (Å²) in [4.78, 5) is 23.1. The maximum absolute atomic E-state index is 12.1. The number of carbonyl (C=O) groups is 2. The van der Waals surface area contributed by atoms with E-state index >= 15 is 0 Å². The van der Waals surface area contributed by atoms with Gasteiger partial charge < -0.3 is 9.84 Å². The Morgan fingerprint density at radius 3 is 2.09 bits per heavy atom. The van der Waals surface area contributed by atoms with Crippen molar-refractivity contribution in [3.63, 3.8) is 0 Å².